The van der Waals surface area contributed by atoms with Gasteiger partial charge in [-0.25, -0.2) is 4.39 Å². The molecule has 0 heterocycles. The summed E-state index contributed by atoms with van der Waals surface area (Å²) < 4.78 is 13.3. The molecular weight excluding hydrogens is 261 g/mol. The minimum atomic E-state index is -0.892. The van der Waals surface area contributed by atoms with Crippen LogP contribution in [0.2, 0.25) is 5.02 Å². The predicted octanol–water partition coefficient (Wildman–Crippen LogP) is 3.06. The van der Waals surface area contributed by atoms with Crippen molar-refractivity contribution in [3.63, 3.8) is 0 Å². The van der Waals surface area contributed by atoms with Crippen LogP contribution in [0, 0.1) is 5.82 Å². The molecule has 2 N–H and O–H groups in total. The normalized spacial score (nSPS) is 10.1. The monoisotopic (exact) mass is 273 g/mol. The zero-order valence-corrected chi connectivity index (χ0v) is 10.3. The van der Waals surface area contributed by atoms with E-state index in [4.69, 9.17) is 16.7 Å². The molecular formula is C12H13ClFNO3. The highest BCUT2D eigenvalue weighted by molar-refractivity contribution is 6.30. The summed E-state index contributed by atoms with van der Waals surface area (Å²) in [5, 5.41) is 11.1. The van der Waals surface area contributed by atoms with Gasteiger partial charge in [0.15, 0.2) is 0 Å². The fourth-order valence-electron chi connectivity index (χ4n) is 1.37. The molecule has 0 unspecified atom stereocenters. The van der Waals surface area contributed by atoms with E-state index in [1.165, 1.54) is 18.2 Å². The third-order valence-electron chi connectivity index (χ3n) is 2.25. The molecule has 0 saturated heterocycles. The first kappa shape index (κ1) is 14.4. The number of hydrogen-bond acceptors (Lipinski definition) is 2. The maximum atomic E-state index is 13.3. The summed E-state index contributed by atoms with van der Waals surface area (Å²) >= 11 is 5.68. The molecule has 6 heteroatoms. The number of anilines is 1. The third kappa shape index (κ3) is 5.14. The van der Waals surface area contributed by atoms with Gasteiger partial charge in [-0.2, -0.15) is 0 Å². The lowest BCUT2D eigenvalue weighted by molar-refractivity contribution is -0.137. The molecule has 0 aliphatic heterocycles. The number of amides is 1. The molecule has 0 fully saturated rings. The number of carbonyl (C=O) groups is 2. The average molecular weight is 274 g/mol. The minimum absolute atomic E-state index is 0.0266. The molecule has 18 heavy (non-hydrogen) atoms. The third-order valence-corrected chi connectivity index (χ3v) is 2.48. The van der Waals surface area contributed by atoms with Crippen molar-refractivity contribution in [1.82, 2.24) is 0 Å². The van der Waals surface area contributed by atoms with Gasteiger partial charge in [-0.15, -0.1) is 0 Å². The van der Waals surface area contributed by atoms with Gasteiger partial charge in [0.2, 0.25) is 5.91 Å². The Kier molecular flexibility index (Phi) is 5.58. The van der Waals surface area contributed by atoms with Crippen molar-refractivity contribution in [3.05, 3.63) is 29.0 Å². The Bertz CT molecular complexity index is 451. The number of benzene rings is 1. The first-order valence-corrected chi connectivity index (χ1v) is 5.83. The van der Waals surface area contributed by atoms with E-state index in [1.54, 1.807) is 0 Å². The number of carboxylic acids is 1. The molecule has 1 aromatic carbocycles. The van der Waals surface area contributed by atoms with Gasteiger partial charge in [0.05, 0.1) is 5.69 Å². The van der Waals surface area contributed by atoms with Crippen LogP contribution in [0.3, 0.4) is 0 Å². The van der Waals surface area contributed by atoms with E-state index in [0.29, 0.717) is 17.9 Å². The van der Waals surface area contributed by atoms with Gasteiger partial charge in [-0.3, -0.25) is 9.59 Å². The number of carbonyl (C=O) groups excluding carboxylic acids is 1. The smallest absolute Gasteiger partial charge is 0.303 e. The molecule has 1 aromatic rings. The lowest BCUT2D eigenvalue weighted by Crippen LogP contribution is -2.12. The second-order valence-corrected chi connectivity index (χ2v) is 4.21. The van der Waals surface area contributed by atoms with E-state index in [1.807, 2.05) is 0 Å². The Morgan fingerprint density at radius 2 is 1.94 bits per heavy atom. The summed E-state index contributed by atoms with van der Waals surface area (Å²) in [6.07, 6.45) is 1.04. The Labute approximate surface area is 109 Å². The molecule has 0 aliphatic carbocycles. The van der Waals surface area contributed by atoms with Crippen LogP contribution in [0.4, 0.5) is 10.1 Å². The van der Waals surface area contributed by atoms with Crippen molar-refractivity contribution < 1.29 is 19.1 Å². The molecule has 0 bridgehead atoms. The summed E-state index contributed by atoms with van der Waals surface area (Å²) in [5.74, 6) is -1.81. The summed E-state index contributed by atoms with van der Waals surface area (Å²) in [6, 6.07) is 3.88. The maximum absolute atomic E-state index is 13.3. The van der Waals surface area contributed by atoms with Crippen molar-refractivity contribution in [2.24, 2.45) is 0 Å². The Morgan fingerprint density at radius 3 is 2.61 bits per heavy atom. The SMILES string of the molecule is O=C(O)CCCCC(=O)Nc1cc(Cl)ccc1F. The van der Waals surface area contributed by atoms with Crippen LogP contribution < -0.4 is 5.32 Å². The van der Waals surface area contributed by atoms with Crippen molar-refractivity contribution in [2.75, 3.05) is 5.32 Å². The van der Waals surface area contributed by atoms with Crippen LogP contribution >= 0.6 is 11.6 Å². The van der Waals surface area contributed by atoms with Crippen LogP contribution in [-0.4, -0.2) is 17.0 Å². The van der Waals surface area contributed by atoms with Crippen molar-refractivity contribution >= 4 is 29.2 Å². The van der Waals surface area contributed by atoms with E-state index in [-0.39, 0.29) is 24.4 Å². The number of nitrogens with one attached hydrogen (secondary N) is 1. The summed E-state index contributed by atoms with van der Waals surface area (Å²) in [4.78, 5) is 21.7. The van der Waals surface area contributed by atoms with Gasteiger partial charge >= 0.3 is 5.97 Å². The number of hydrogen-bond donors (Lipinski definition) is 2. The van der Waals surface area contributed by atoms with Gasteiger partial charge in [-0.1, -0.05) is 11.6 Å². The Morgan fingerprint density at radius 1 is 1.28 bits per heavy atom. The van der Waals surface area contributed by atoms with E-state index in [2.05, 4.69) is 5.32 Å². The lowest BCUT2D eigenvalue weighted by Gasteiger charge is -2.06. The lowest BCUT2D eigenvalue weighted by atomic mass is 10.2. The van der Waals surface area contributed by atoms with Crippen LogP contribution in [-0.2, 0) is 9.59 Å². The fraction of sp³-hybridized carbons (Fsp3) is 0.333. The zero-order chi connectivity index (χ0) is 13.5. The highest BCUT2D eigenvalue weighted by Crippen LogP contribution is 2.19. The first-order valence-electron chi connectivity index (χ1n) is 5.45. The highest BCUT2D eigenvalue weighted by Gasteiger charge is 2.07. The number of aliphatic carboxylic acids is 1. The van der Waals surface area contributed by atoms with Gasteiger partial charge in [0, 0.05) is 17.9 Å². The number of unbranched alkanes of at least 4 members (excludes halogenated alkanes) is 1. The number of rotatable bonds is 6. The first-order chi connectivity index (χ1) is 8.49. The summed E-state index contributed by atoms with van der Waals surface area (Å²) in [5.41, 5.74) is 0.0331. The molecule has 0 spiro atoms. The predicted molar refractivity (Wildman–Crippen MR) is 66.1 cm³/mol. The Balaban J connectivity index is 2.40. The second kappa shape index (κ2) is 6.96. The molecule has 0 atom stereocenters. The molecule has 0 radical (unpaired) electrons. The number of carboxylic acid groups (broad SMARTS) is 1. The molecule has 4 nitrogen and oxygen atoms in total. The topological polar surface area (TPSA) is 66.4 Å². The summed E-state index contributed by atoms with van der Waals surface area (Å²) in [6.45, 7) is 0. The second-order valence-electron chi connectivity index (χ2n) is 3.77. The molecule has 98 valence electrons. The minimum Gasteiger partial charge on any atom is -0.481 e. The fourth-order valence-corrected chi connectivity index (χ4v) is 1.54. The standard InChI is InChI=1S/C12H13ClFNO3/c13-8-5-6-9(14)10(7-8)15-11(16)3-1-2-4-12(17)18/h5-7H,1-4H2,(H,15,16)(H,17,18). The largest absolute Gasteiger partial charge is 0.481 e. The van der Waals surface area contributed by atoms with Crippen molar-refractivity contribution in [2.45, 2.75) is 25.7 Å². The van der Waals surface area contributed by atoms with E-state index < -0.39 is 11.8 Å². The maximum Gasteiger partial charge on any atom is 0.303 e. The van der Waals surface area contributed by atoms with E-state index in [0.717, 1.165) is 0 Å². The van der Waals surface area contributed by atoms with Crippen LogP contribution in [0.5, 0.6) is 0 Å². The van der Waals surface area contributed by atoms with E-state index in [9.17, 15) is 14.0 Å². The quantitative estimate of drug-likeness (QED) is 0.783. The van der Waals surface area contributed by atoms with E-state index >= 15 is 0 Å². The van der Waals surface area contributed by atoms with Crippen molar-refractivity contribution in [1.29, 1.82) is 0 Å². The molecule has 1 amide bonds. The van der Waals surface area contributed by atoms with Crippen molar-refractivity contribution in [3.8, 4) is 0 Å². The average Bonchev–Trinajstić information content (AvgIpc) is 2.29. The van der Waals surface area contributed by atoms with Crippen LogP contribution in [0.15, 0.2) is 18.2 Å². The molecule has 0 saturated carbocycles. The van der Waals surface area contributed by atoms with Gasteiger partial charge < -0.3 is 10.4 Å². The number of halogens is 2. The molecule has 1 rings (SSSR count). The van der Waals surface area contributed by atoms with Gasteiger partial charge in [0.1, 0.15) is 5.82 Å². The Hall–Kier alpha value is -1.62. The van der Waals surface area contributed by atoms with Gasteiger partial charge in [0.25, 0.3) is 0 Å². The van der Waals surface area contributed by atoms with Crippen LogP contribution in [0.1, 0.15) is 25.7 Å². The zero-order valence-electron chi connectivity index (χ0n) is 9.58. The van der Waals surface area contributed by atoms with Gasteiger partial charge in [-0.05, 0) is 31.0 Å². The molecule has 0 aliphatic rings. The molecule has 0 aromatic heterocycles. The van der Waals surface area contributed by atoms with Crippen LogP contribution in [0.25, 0.3) is 0 Å². The highest BCUT2D eigenvalue weighted by atomic mass is 35.5. The summed E-state index contributed by atoms with van der Waals surface area (Å²) in [7, 11) is 0.